The van der Waals surface area contributed by atoms with Crippen molar-refractivity contribution in [2.24, 2.45) is 5.92 Å². The molecule has 0 radical (unpaired) electrons. The number of carbonyl (C=O) groups excluding carboxylic acids is 1. The van der Waals surface area contributed by atoms with E-state index < -0.39 is 12.0 Å². The van der Waals surface area contributed by atoms with Crippen LogP contribution in [0, 0.1) is 5.92 Å². The number of carboxylic acid groups (broad SMARTS) is 1. The van der Waals surface area contributed by atoms with Crippen molar-refractivity contribution in [2.45, 2.75) is 51.6 Å². The Morgan fingerprint density at radius 3 is 2.29 bits per heavy atom. The first-order valence-corrected chi connectivity index (χ1v) is 6.18. The summed E-state index contributed by atoms with van der Waals surface area (Å²) in [5.41, 5.74) is 0. The van der Waals surface area contributed by atoms with Crippen molar-refractivity contribution < 1.29 is 14.7 Å². The molecular formula is C12H22N2O3. The Bertz CT molecular complexity index is 285. The second kappa shape index (κ2) is 5.89. The third-order valence-electron chi connectivity index (χ3n) is 3.60. The molecule has 2 amide bonds. The number of carboxylic acids is 1. The lowest BCUT2D eigenvalue weighted by atomic mass is 9.87. The third kappa shape index (κ3) is 3.91. The number of amides is 2. The van der Waals surface area contributed by atoms with Gasteiger partial charge in [0.2, 0.25) is 0 Å². The molecule has 0 spiro atoms. The van der Waals surface area contributed by atoms with Gasteiger partial charge in [0.05, 0.1) is 0 Å². The van der Waals surface area contributed by atoms with Crippen LogP contribution in [0.25, 0.3) is 0 Å². The van der Waals surface area contributed by atoms with E-state index in [1.807, 2.05) is 0 Å². The molecule has 1 fully saturated rings. The van der Waals surface area contributed by atoms with Gasteiger partial charge in [0.25, 0.3) is 0 Å². The predicted octanol–water partition coefficient (Wildman–Crippen LogP) is 1.68. The predicted molar refractivity (Wildman–Crippen MR) is 64.8 cm³/mol. The van der Waals surface area contributed by atoms with E-state index in [4.69, 9.17) is 5.11 Å². The van der Waals surface area contributed by atoms with Gasteiger partial charge in [-0.2, -0.15) is 0 Å². The zero-order valence-corrected chi connectivity index (χ0v) is 10.8. The number of aliphatic carboxylic acids is 1. The average Bonchev–Trinajstić information content (AvgIpc) is 2.30. The van der Waals surface area contributed by atoms with Gasteiger partial charge in [0.15, 0.2) is 0 Å². The quantitative estimate of drug-likeness (QED) is 0.791. The van der Waals surface area contributed by atoms with E-state index >= 15 is 0 Å². The Balaban J connectivity index is 2.41. The second-order valence-corrected chi connectivity index (χ2v) is 5.03. The van der Waals surface area contributed by atoms with E-state index in [0.717, 1.165) is 31.6 Å². The zero-order chi connectivity index (χ0) is 13.0. The fourth-order valence-electron chi connectivity index (χ4n) is 2.02. The lowest BCUT2D eigenvalue weighted by Crippen LogP contribution is -2.49. The third-order valence-corrected chi connectivity index (χ3v) is 3.60. The van der Waals surface area contributed by atoms with Gasteiger partial charge in [0, 0.05) is 13.1 Å². The Morgan fingerprint density at radius 2 is 1.82 bits per heavy atom. The van der Waals surface area contributed by atoms with Gasteiger partial charge in [0.1, 0.15) is 6.04 Å². The molecule has 1 atom stereocenters. The summed E-state index contributed by atoms with van der Waals surface area (Å²) in [6.07, 6.45) is 4.23. The van der Waals surface area contributed by atoms with E-state index in [1.54, 1.807) is 0 Å². The van der Waals surface area contributed by atoms with Gasteiger partial charge >= 0.3 is 12.0 Å². The van der Waals surface area contributed by atoms with Crippen LogP contribution in [-0.2, 0) is 4.79 Å². The summed E-state index contributed by atoms with van der Waals surface area (Å²) < 4.78 is 0. The van der Waals surface area contributed by atoms with E-state index in [2.05, 4.69) is 12.2 Å². The fraction of sp³-hybridized carbons (Fsp3) is 0.833. The molecule has 17 heavy (non-hydrogen) atoms. The molecule has 0 saturated heterocycles. The number of hydrogen-bond donors (Lipinski definition) is 2. The largest absolute Gasteiger partial charge is 0.480 e. The highest BCUT2D eigenvalue weighted by Gasteiger charge is 2.25. The highest BCUT2D eigenvalue weighted by atomic mass is 16.4. The molecular weight excluding hydrogens is 220 g/mol. The van der Waals surface area contributed by atoms with Gasteiger partial charge in [-0.1, -0.05) is 6.92 Å². The van der Waals surface area contributed by atoms with Crippen LogP contribution in [0.5, 0.6) is 0 Å². The summed E-state index contributed by atoms with van der Waals surface area (Å²) in [4.78, 5) is 23.8. The molecule has 0 aromatic rings. The molecule has 1 saturated carbocycles. The molecule has 98 valence electrons. The van der Waals surface area contributed by atoms with Crippen molar-refractivity contribution in [1.82, 2.24) is 10.2 Å². The van der Waals surface area contributed by atoms with E-state index in [0.29, 0.717) is 0 Å². The maximum atomic E-state index is 11.8. The highest BCUT2D eigenvalue weighted by Crippen LogP contribution is 2.23. The lowest BCUT2D eigenvalue weighted by Gasteiger charge is -2.30. The summed E-state index contributed by atoms with van der Waals surface area (Å²) in [6, 6.07) is -0.890. The summed E-state index contributed by atoms with van der Waals surface area (Å²) in [5, 5.41) is 11.7. The van der Waals surface area contributed by atoms with Crippen molar-refractivity contribution >= 4 is 12.0 Å². The summed E-state index contributed by atoms with van der Waals surface area (Å²) in [6.45, 7) is 3.72. The van der Waals surface area contributed by atoms with Gasteiger partial charge in [-0.3, -0.25) is 0 Å². The molecule has 0 aromatic carbocycles. The fourth-order valence-corrected chi connectivity index (χ4v) is 2.02. The molecule has 1 aliphatic rings. The minimum absolute atomic E-state index is 0.196. The van der Waals surface area contributed by atoms with E-state index in [-0.39, 0.29) is 12.1 Å². The minimum Gasteiger partial charge on any atom is -0.480 e. The molecule has 1 rings (SSSR count). The van der Waals surface area contributed by atoms with Crippen molar-refractivity contribution in [2.75, 3.05) is 7.05 Å². The van der Waals surface area contributed by atoms with Gasteiger partial charge in [-0.15, -0.1) is 0 Å². The Kier molecular flexibility index (Phi) is 4.78. The number of hydrogen-bond acceptors (Lipinski definition) is 2. The zero-order valence-electron chi connectivity index (χ0n) is 10.8. The molecule has 0 aromatic heterocycles. The van der Waals surface area contributed by atoms with Crippen LogP contribution in [0.1, 0.15) is 39.5 Å². The summed E-state index contributed by atoms with van der Waals surface area (Å²) >= 11 is 0. The Hall–Kier alpha value is -1.26. The number of nitrogens with zero attached hydrogens (tertiary/aromatic N) is 1. The topological polar surface area (TPSA) is 69.6 Å². The SMILES string of the molecule is CC1CCC(NC(=O)N(C)C(C)C(=O)O)CC1. The first kappa shape index (κ1) is 13.8. The lowest BCUT2D eigenvalue weighted by molar-refractivity contribution is -0.141. The van der Waals surface area contributed by atoms with Gasteiger partial charge in [-0.05, 0) is 38.5 Å². The maximum Gasteiger partial charge on any atom is 0.326 e. The van der Waals surface area contributed by atoms with Crippen LogP contribution in [0.3, 0.4) is 0 Å². The van der Waals surface area contributed by atoms with Crippen LogP contribution in [0.2, 0.25) is 0 Å². The average molecular weight is 242 g/mol. The van der Waals surface area contributed by atoms with Crippen LogP contribution in [0.4, 0.5) is 4.79 Å². The number of likely N-dealkylation sites (N-methyl/N-ethyl adjacent to an activating group) is 1. The molecule has 0 aliphatic heterocycles. The monoisotopic (exact) mass is 242 g/mol. The highest BCUT2D eigenvalue weighted by molar-refractivity contribution is 5.82. The van der Waals surface area contributed by atoms with Crippen molar-refractivity contribution in [1.29, 1.82) is 0 Å². The first-order chi connectivity index (χ1) is 7.91. The molecule has 1 aliphatic carbocycles. The first-order valence-electron chi connectivity index (χ1n) is 6.18. The molecule has 5 heteroatoms. The van der Waals surface area contributed by atoms with Crippen LogP contribution < -0.4 is 5.32 Å². The molecule has 0 bridgehead atoms. The van der Waals surface area contributed by atoms with Gasteiger partial charge < -0.3 is 15.3 Å². The molecule has 1 unspecified atom stereocenters. The van der Waals surface area contributed by atoms with Crippen molar-refractivity contribution in [3.05, 3.63) is 0 Å². The number of carbonyl (C=O) groups is 2. The van der Waals surface area contributed by atoms with Crippen molar-refractivity contribution in [3.63, 3.8) is 0 Å². The number of rotatable bonds is 3. The smallest absolute Gasteiger partial charge is 0.326 e. The van der Waals surface area contributed by atoms with Gasteiger partial charge in [-0.25, -0.2) is 9.59 Å². The Morgan fingerprint density at radius 1 is 1.29 bits per heavy atom. The van der Waals surface area contributed by atoms with Crippen LogP contribution in [0.15, 0.2) is 0 Å². The molecule has 2 N–H and O–H groups in total. The molecule has 0 heterocycles. The second-order valence-electron chi connectivity index (χ2n) is 5.03. The molecule has 5 nitrogen and oxygen atoms in total. The van der Waals surface area contributed by atoms with E-state index in [9.17, 15) is 9.59 Å². The number of urea groups is 1. The summed E-state index contributed by atoms with van der Waals surface area (Å²) in [5.74, 6) is -0.251. The van der Waals surface area contributed by atoms with Crippen LogP contribution in [-0.4, -0.2) is 41.1 Å². The normalized spacial score (nSPS) is 26.1. The maximum absolute atomic E-state index is 11.8. The van der Waals surface area contributed by atoms with Crippen molar-refractivity contribution in [3.8, 4) is 0 Å². The van der Waals surface area contributed by atoms with Crippen LogP contribution >= 0.6 is 0 Å². The summed E-state index contributed by atoms with van der Waals surface area (Å²) in [7, 11) is 1.51. The van der Waals surface area contributed by atoms with E-state index in [1.165, 1.54) is 18.9 Å². The number of nitrogens with one attached hydrogen (secondary N) is 1. The minimum atomic E-state index is -0.986. The standard InChI is InChI=1S/C12H22N2O3/c1-8-4-6-10(7-5-8)13-12(17)14(3)9(2)11(15)16/h8-10H,4-7H2,1-3H3,(H,13,17)(H,15,16). The Labute approximate surface area is 102 Å².